The molecular formula is C23H27FN4O2S. The molecular weight excluding hydrogens is 415 g/mol. The lowest BCUT2D eigenvalue weighted by Gasteiger charge is -2.34. The van der Waals surface area contributed by atoms with E-state index in [1.165, 1.54) is 17.6 Å². The second kappa shape index (κ2) is 9.82. The van der Waals surface area contributed by atoms with Crippen molar-refractivity contribution in [2.75, 3.05) is 51.2 Å². The van der Waals surface area contributed by atoms with E-state index in [-0.39, 0.29) is 5.82 Å². The molecule has 2 aromatic rings. The number of piperazine rings is 1. The molecule has 0 saturated carbocycles. The highest BCUT2D eigenvalue weighted by Gasteiger charge is 2.18. The summed E-state index contributed by atoms with van der Waals surface area (Å²) in [5.41, 5.74) is 4.87. The molecule has 1 fully saturated rings. The first-order valence-electron chi connectivity index (χ1n) is 10.4. The van der Waals surface area contributed by atoms with E-state index in [0.29, 0.717) is 30.6 Å². The van der Waals surface area contributed by atoms with Crippen molar-refractivity contribution in [2.45, 2.75) is 11.3 Å². The highest BCUT2D eigenvalue weighted by molar-refractivity contribution is 7.97. The zero-order chi connectivity index (χ0) is 21.8. The number of hydroxylamine groups is 1. The largest absolute Gasteiger partial charge is 0.369 e. The van der Waals surface area contributed by atoms with Gasteiger partial charge in [-0.3, -0.25) is 10.0 Å². The number of hydrogen-bond acceptors (Lipinski definition) is 6. The third-order valence-corrected chi connectivity index (χ3v) is 6.84. The molecule has 0 unspecified atom stereocenters. The Bertz CT molecular complexity index is 959. The second-order valence-corrected chi connectivity index (χ2v) is 9.05. The van der Waals surface area contributed by atoms with E-state index in [1.54, 1.807) is 17.6 Å². The van der Waals surface area contributed by atoms with E-state index in [2.05, 4.69) is 33.3 Å². The fraction of sp³-hybridized carbons (Fsp3) is 0.348. The maximum absolute atomic E-state index is 14.9. The van der Waals surface area contributed by atoms with Gasteiger partial charge in [0.15, 0.2) is 0 Å². The van der Waals surface area contributed by atoms with Crippen molar-refractivity contribution < 1.29 is 14.4 Å². The van der Waals surface area contributed by atoms with Crippen LogP contribution < -0.4 is 10.4 Å². The number of amides is 1. The molecule has 0 bridgehead atoms. The van der Waals surface area contributed by atoms with Crippen molar-refractivity contribution in [1.82, 2.24) is 14.7 Å². The normalized spacial score (nSPS) is 18.0. The highest BCUT2D eigenvalue weighted by atomic mass is 32.2. The Morgan fingerprint density at radius 1 is 1.06 bits per heavy atom. The van der Waals surface area contributed by atoms with Crippen molar-refractivity contribution in [3.8, 4) is 11.1 Å². The van der Waals surface area contributed by atoms with Crippen molar-refractivity contribution in [1.29, 1.82) is 0 Å². The van der Waals surface area contributed by atoms with Crippen molar-refractivity contribution in [3.63, 3.8) is 0 Å². The SMILES string of the molecule is CN1CCN(c2ccc(-c3ccc(SN4CC=C(C(=O)NO)CC4)cc3F)cc2)CC1. The molecule has 164 valence electrons. The summed E-state index contributed by atoms with van der Waals surface area (Å²) in [5, 5.41) is 8.72. The zero-order valence-corrected chi connectivity index (χ0v) is 18.4. The molecule has 31 heavy (non-hydrogen) atoms. The standard InChI is InChI=1S/C23H27FN4O2S/c1-26-12-14-27(15-13-26)19-4-2-17(3-5-19)21-7-6-20(16-22(21)24)31-28-10-8-18(9-11-28)23(29)25-30/h2-8,16,30H,9-15H2,1H3,(H,25,29). The third-order valence-electron chi connectivity index (χ3n) is 5.79. The Labute approximate surface area is 186 Å². The summed E-state index contributed by atoms with van der Waals surface area (Å²) in [7, 11) is 2.14. The van der Waals surface area contributed by atoms with Gasteiger partial charge in [0.05, 0.1) is 0 Å². The van der Waals surface area contributed by atoms with E-state index in [4.69, 9.17) is 5.21 Å². The predicted molar refractivity (Wildman–Crippen MR) is 122 cm³/mol. The molecule has 6 nitrogen and oxygen atoms in total. The number of nitrogens with zero attached hydrogens (tertiary/aromatic N) is 3. The van der Waals surface area contributed by atoms with E-state index in [1.807, 2.05) is 24.3 Å². The molecule has 2 heterocycles. The molecule has 2 N–H and O–H groups in total. The summed E-state index contributed by atoms with van der Waals surface area (Å²) in [6.45, 7) is 5.34. The molecule has 4 rings (SSSR count). The Morgan fingerprint density at radius 2 is 1.81 bits per heavy atom. The quantitative estimate of drug-likeness (QED) is 0.421. The number of anilines is 1. The van der Waals surface area contributed by atoms with Crippen LogP contribution in [0.25, 0.3) is 11.1 Å². The third kappa shape index (κ3) is 5.27. The molecule has 1 amide bonds. The van der Waals surface area contributed by atoms with Crippen LogP contribution in [0.1, 0.15) is 6.42 Å². The molecule has 0 atom stereocenters. The predicted octanol–water partition coefficient (Wildman–Crippen LogP) is 3.39. The number of likely N-dealkylation sites (N-methyl/N-ethyl adjacent to an activating group) is 1. The number of rotatable bonds is 5. The van der Waals surface area contributed by atoms with Crippen LogP contribution in [0.4, 0.5) is 10.1 Å². The molecule has 2 aromatic carbocycles. The van der Waals surface area contributed by atoms with E-state index in [0.717, 1.165) is 36.6 Å². The maximum Gasteiger partial charge on any atom is 0.270 e. The van der Waals surface area contributed by atoms with Crippen LogP contribution in [0.2, 0.25) is 0 Å². The van der Waals surface area contributed by atoms with E-state index < -0.39 is 5.91 Å². The number of halogens is 1. The average Bonchev–Trinajstić information content (AvgIpc) is 2.80. The van der Waals surface area contributed by atoms with Crippen molar-refractivity contribution in [3.05, 3.63) is 59.9 Å². The number of carbonyl (C=O) groups is 1. The maximum atomic E-state index is 14.9. The van der Waals surface area contributed by atoms with Crippen LogP contribution in [0, 0.1) is 5.82 Å². The van der Waals surface area contributed by atoms with Gasteiger partial charge in [0.1, 0.15) is 5.82 Å². The number of nitrogens with one attached hydrogen (secondary N) is 1. The van der Waals surface area contributed by atoms with Gasteiger partial charge in [-0.15, -0.1) is 0 Å². The van der Waals surface area contributed by atoms with Gasteiger partial charge in [0.25, 0.3) is 5.91 Å². The molecule has 2 aliphatic rings. The Hall–Kier alpha value is -2.39. The van der Waals surface area contributed by atoms with Crippen LogP contribution in [0.3, 0.4) is 0 Å². The minimum atomic E-state index is -0.460. The smallest absolute Gasteiger partial charge is 0.270 e. The molecule has 0 aliphatic carbocycles. The number of carbonyl (C=O) groups excluding carboxylic acids is 1. The Morgan fingerprint density at radius 3 is 2.42 bits per heavy atom. The van der Waals surface area contributed by atoms with Gasteiger partial charge < -0.3 is 9.80 Å². The molecule has 0 spiro atoms. The molecule has 0 aromatic heterocycles. The van der Waals surface area contributed by atoms with Crippen LogP contribution in [0.5, 0.6) is 0 Å². The van der Waals surface area contributed by atoms with Gasteiger partial charge in [-0.1, -0.05) is 24.3 Å². The number of hydrogen-bond donors (Lipinski definition) is 2. The van der Waals surface area contributed by atoms with Crippen LogP contribution in [-0.2, 0) is 4.79 Å². The Balaban J connectivity index is 1.40. The zero-order valence-electron chi connectivity index (χ0n) is 17.6. The van der Waals surface area contributed by atoms with Crippen LogP contribution in [-0.4, -0.2) is 66.6 Å². The first-order chi connectivity index (χ1) is 15.0. The topological polar surface area (TPSA) is 59.0 Å². The Kier molecular flexibility index (Phi) is 6.92. The number of benzene rings is 2. The van der Waals surface area contributed by atoms with Crippen molar-refractivity contribution >= 4 is 23.5 Å². The van der Waals surface area contributed by atoms with Gasteiger partial charge >= 0.3 is 0 Å². The van der Waals surface area contributed by atoms with E-state index >= 15 is 0 Å². The fourth-order valence-electron chi connectivity index (χ4n) is 3.86. The summed E-state index contributed by atoms with van der Waals surface area (Å²) in [6.07, 6.45) is 2.33. The first-order valence-corrected chi connectivity index (χ1v) is 11.2. The lowest BCUT2D eigenvalue weighted by molar-refractivity contribution is -0.125. The second-order valence-electron chi connectivity index (χ2n) is 7.88. The monoisotopic (exact) mass is 442 g/mol. The summed E-state index contributed by atoms with van der Waals surface area (Å²) in [4.78, 5) is 17.0. The molecule has 2 aliphatic heterocycles. The van der Waals surface area contributed by atoms with Crippen molar-refractivity contribution in [2.24, 2.45) is 0 Å². The van der Waals surface area contributed by atoms with Gasteiger partial charge in [-0.05, 0) is 55.2 Å². The lowest BCUT2D eigenvalue weighted by Crippen LogP contribution is -2.44. The van der Waals surface area contributed by atoms with Gasteiger partial charge in [-0.2, -0.15) is 0 Å². The molecule has 0 radical (unpaired) electrons. The summed E-state index contributed by atoms with van der Waals surface area (Å²) in [6, 6.07) is 13.4. The molecule has 8 heteroatoms. The summed E-state index contributed by atoms with van der Waals surface area (Å²) >= 11 is 1.47. The van der Waals surface area contributed by atoms with Gasteiger partial charge in [0.2, 0.25) is 0 Å². The fourth-order valence-corrected chi connectivity index (χ4v) is 4.78. The summed E-state index contributed by atoms with van der Waals surface area (Å²) in [5.74, 6) is -0.705. The minimum absolute atomic E-state index is 0.245. The average molecular weight is 443 g/mol. The van der Waals surface area contributed by atoms with Gasteiger partial charge in [-0.25, -0.2) is 14.2 Å². The van der Waals surface area contributed by atoms with E-state index in [9.17, 15) is 9.18 Å². The minimum Gasteiger partial charge on any atom is -0.369 e. The first kappa shape index (κ1) is 21.8. The van der Waals surface area contributed by atoms with Crippen LogP contribution >= 0.6 is 11.9 Å². The molecule has 1 saturated heterocycles. The summed E-state index contributed by atoms with van der Waals surface area (Å²) < 4.78 is 16.9. The van der Waals surface area contributed by atoms with Crippen LogP contribution in [0.15, 0.2) is 59.0 Å². The highest BCUT2D eigenvalue weighted by Crippen LogP contribution is 2.31. The lowest BCUT2D eigenvalue weighted by atomic mass is 10.0. The van der Waals surface area contributed by atoms with Gasteiger partial charge in [0, 0.05) is 61.0 Å².